The van der Waals surface area contributed by atoms with Crippen LogP contribution in [0.2, 0.25) is 0 Å². The summed E-state index contributed by atoms with van der Waals surface area (Å²) >= 11 is 0. The van der Waals surface area contributed by atoms with Crippen LogP contribution in [0.5, 0.6) is 5.75 Å². The molecule has 6 heteroatoms. The van der Waals surface area contributed by atoms with Gasteiger partial charge in [-0.1, -0.05) is 6.07 Å². The van der Waals surface area contributed by atoms with Crippen LogP contribution in [-0.4, -0.2) is 43.0 Å². The van der Waals surface area contributed by atoms with Crippen molar-refractivity contribution in [3.05, 3.63) is 42.2 Å². The summed E-state index contributed by atoms with van der Waals surface area (Å²) in [5, 5.41) is 5.48. The highest BCUT2D eigenvalue weighted by Crippen LogP contribution is 2.44. The summed E-state index contributed by atoms with van der Waals surface area (Å²) in [7, 11) is 0. The van der Waals surface area contributed by atoms with Gasteiger partial charge in [-0.05, 0) is 59.7 Å². The van der Waals surface area contributed by atoms with Gasteiger partial charge in [0.1, 0.15) is 17.9 Å². The zero-order valence-corrected chi connectivity index (χ0v) is 16.7. The Morgan fingerprint density at radius 2 is 2.00 bits per heavy atom. The fourth-order valence-corrected chi connectivity index (χ4v) is 5.18. The lowest BCUT2D eigenvalue weighted by Crippen LogP contribution is -2.39. The predicted octanol–water partition coefficient (Wildman–Crippen LogP) is 3.44. The van der Waals surface area contributed by atoms with E-state index in [1.807, 2.05) is 24.3 Å². The molecule has 0 spiro atoms. The molecular weight excluding hydrogens is 380 g/mol. The number of likely N-dealkylation sites (tertiary alicyclic amines) is 1. The number of amides is 2. The standard InChI is InChI=1S/C24H24N2O4/c27-22-6-4-19(24(28)25-22)20-13-30-21-5-1-14-10-17(2-3-18(14)23(20)21)29-8-7-26-11-15-9-16(15)12-26/h1-3,5,10,13,15-16,19H,4,6-9,11-12H2,(H,25,27,28)/t15?,16?,19-/m0/s1. The maximum Gasteiger partial charge on any atom is 0.234 e. The number of hydrogen-bond acceptors (Lipinski definition) is 5. The first kappa shape index (κ1) is 18.0. The van der Waals surface area contributed by atoms with Crippen LogP contribution in [0.15, 0.2) is 41.0 Å². The number of rotatable bonds is 5. The Morgan fingerprint density at radius 1 is 1.13 bits per heavy atom. The number of carbonyl (C=O) groups is 2. The van der Waals surface area contributed by atoms with Gasteiger partial charge in [0, 0.05) is 37.0 Å². The number of fused-ring (bicyclic) bond motifs is 4. The van der Waals surface area contributed by atoms with Crippen LogP contribution in [0.1, 0.15) is 30.7 Å². The molecule has 3 heterocycles. The summed E-state index contributed by atoms with van der Waals surface area (Å²) < 4.78 is 11.8. The van der Waals surface area contributed by atoms with E-state index in [0.717, 1.165) is 51.4 Å². The molecular formula is C24H24N2O4. The van der Waals surface area contributed by atoms with Crippen molar-refractivity contribution in [1.29, 1.82) is 0 Å². The first-order valence-corrected chi connectivity index (χ1v) is 10.8. The third-order valence-corrected chi connectivity index (χ3v) is 6.90. The summed E-state index contributed by atoms with van der Waals surface area (Å²) in [5.74, 6) is 1.93. The van der Waals surface area contributed by atoms with Crippen molar-refractivity contribution in [3.8, 4) is 5.75 Å². The molecule has 1 aromatic heterocycles. The first-order chi connectivity index (χ1) is 14.7. The monoisotopic (exact) mass is 404 g/mol. The third kappa shape index (κ3) is 3.06. The van der Waals surface area contributed by atoms with Crippen molar-refractivity contribution in [1.82, 2.24) is 10.2 Å². The smallest absolute Gasteiger partial charge is 0.234 e. The van der Waals surface area contributed by atoms with E-state index in [0.29, 0.717) is 19.4 Å². The molecule has 154 valence electrons. The molecule has 6 rings (SSSR count). The average molecular weight is 404 g/mol. The van der Waals surface area contributed by atoms with Crippen molar-refractivity contribution in [3.63, 3.8) is 0 Å². The molecule has 30 heavy (non-hydrogen) atoms. The third-order valence-electron chi connectivity index (χ3n) is 6.90. The molecule has 3 fully saturated rings. The molecule has 2 saturated heterocycles. The van der Waals surface area contributed by atoms with Gasteiger partial charge >= 0.3 is 0 Å². The van der Waals surface area contributed by atoms with Crippen molar-refractivity contribution in [2.75, 3.05) is 26.2 Å². The maximum atomic E-state index is 12.4. The minimum atomic E-state index is -0.364. The highest BCUT2D eigenvalue weighted by Gasteiger charge is 2.44. The number of benzene rings is 2. The van der Waals surface area contributed by atoms with Crippen LogP contribution in [-0.2, 0) is 9.59 Å². The Labute approximate surface area is 174 Å². The minimum absolute atomic E-state index is 0.207. The van der Waals surface area contributed by atoms with E-state index in [9.17, 15) is 9.59 Å². The molecule has 3 aromatic rings. The Hall–Kier alpha value is -2.86. The fourth-order valence-electron chi connectivity index (χ4n) is 5.18. The number of nitrogens with zero attached hydrogens (tertiary/aromatic N) is 1. The molecule has 3 atom stereocenters. The van der Waals surface area contributed by atoms with Crippen LogP contribution in [0.25, 0.3) is 21.7 Å². The van der Waals surface area contributed by atoms with E-state index >= 15 is 0 Å². The molecule has 1 saturated carbocycles. The number of nitrogens with one attached hydrogen (secondary N) is 1. The second-order valence-corrected chi connectivity index (χ2v) is 8.88. The molecule has 0 bridgehead atoms. The second kappa shape index (κ2) is 6.84. The molecule has 6 nitrogen and oxygen atoms in total. The molecule has 2 amide bonds. The van der Waals surface area contributed by atoms with Gasteiger partial charge in [0.25, 0.3) is 0 Å². The molecule has 1 aliphatic carbocycles. The van der Waals surface area contributed by atoms with Crippen LogP contribution < -0.4 is 10.1 Å². The molecule has 2 aromatic carbocycles. The SMILES string of the molecule is O=C1CC[C@@H](c2coc3ccc4cc(OCCN5CC6CC6C5)ccc4c23)C(=O)N1. The number of imide groups is 1. The fraction of sp³-hybridized carbons (Fsp3) is 0.417. The molecule has 3 aliphatic rings. The van der Waals surface area contributed by atoms with Gasteiger partial charge < -0.3 is 9.15 Å². The number of hydrogen-bond donors (Lipinski definition) is 1. The van der Waals surface area contributed by atoms with E-state index in [1.165, 1.54) is 19.5 Å². The summed E-state index contributed by atoms with van der Waals surface area (Å²) in [6.07, 6.45) is 3.94. The lowest BCUT2D eigenvalue weighted by Gasteiger charge is -2.20. The quantitative estimate of drug-likeness (QED) is 0.660. The van der Waals surface area contributed by atoms with Crippen molar-refractivity contribution in [2.24, 2.45) is 11.8 Å². The van der Waals surface area contributed by atoms with E-state index < -0.39 is 0 Å². The van der Waals surface area contributed by atoms with Crippen molar-refractivity contribution >= 4 is 33.6 Å². The number of piperidine rings is 2. The highest BCUT2D eigenvalue weighted by atomic mass is 16.5. The minimum Gasteiger partial charge on any atom is -0.492 e. The topological polar surface area (TPSA) is 71.8 Å². The zero-order chi connectivity index (χ0) is 20.2. The van der Waals surface area contributed by atoms with Crippen LogP contribution >= 0.6 is 0 Å². The summed E-state index contributed by atoms with van der Waals surface area (Å²) in [4.78, 5) is 26.4. The zero-order valence-electron chi connectivity index (χ0n) is 16.7. The van der Waals surface area contributed by atoms with Crippen molar-refractivity contribution in [2.45, 2.75) is 25.2 Å². The largest absolute Gasteiger partial charge is 0.492 e. The molecule has 2 unspecified atom stereocenters. The summed E-state index contributed by atoms with van der Waals surface area (Å²) in [6.45, 7) is 4.13. The summed E-state index contributed by atoms with van der Waals surface area (Å²) in [6, 6.07) is 10.1. The molecule has 1 N–H and O–H groups in total. The van der Waals surface area contributed by atoms with E-state index in [-0.39, 0.29) is 17.7 Å². The van der Waals surface area contributed by atoms with Gasteiger partial charge in [0.2, 0.25) is 11.8 Å². The number of furan rings is 1. The lowest BCUT2D eigenvalue weighted by molar-refractivity contribution is -0.134. The first-order valence-electron chi connectivity index (χ1n) is 10.8. The van der Waals surface area contributed by atoms with E-state index in [1.54, 1.807) is 6.26 Å². The van der Waals surface area contributed by atoms with E-state index in [4.69, 9.17) is 9.15 Å². The maximum absolute atomic E-state index is 12.4. The average Bonchev–Trinajstić information content (AvgIpc) is 3.14. The molecule has 0 radical (unpaired) electrons. The van der Waals surface area contributed by atoms with Crippen LogP contribution in [0.4, 0.5) is 0 Å². The van der Waals surface area contributed by atoms with Crippen molar-refractivity contribution < 1.29 is 18.7 Å². The summed E-state index contributed by atoms with van der Waals surface area (Å²) in [5.41, 5.74) is 1.60. The van der Waals surface area contributed by atoms with Crippen LogP contribution in [0.3, 0.4) is 0 Å². The van der Waals surface area contributed by atoms with Gasteiger partial charge in [-0.2, -0.15) is 0 Å². The highest BCUT2D eigenvalue weighted by molar-refractivity contribution is 6.10. The number of ether oxygens (including phenoxy) is 1. The lowest BCUT2D eigenvalue weighted by atomic mass is 9.89. The normalized spacial score (nSPS) is 26.2. The predicted molar refractivity (Wildman–Crippen MR) is 112 cm³/mol. The number of carbonyl (C=O) groups excluding carboxylic acids is 2. The Morgan fingerprint density at radius 3 is 2.83 bits per heavy atom. The van der Waals surface area contributed by atoms with Gasteiger partial charge in [-0.3, -0.25) is 19.8 Å². The molecule has 2 aliphatic heterocycles. The Bertz CT molecular complexity index is 1160. The van der Waals surface area contributed by atoms with Gasteiger partial charge in [0.05, 0.1) is 12.2 Å². The van der Waals surface area contributed by atoms with Gasteiger partial charge in [-0.25, -0.2) is 0 Å². The Balaban J connectivity index is 1.25. The van der Waals surface area contributed by atoms with Crippen LogP contribution in [0, 0.1) is 11.8 Å². The second-order valence-electron chi connectivity index (χ2n) is 8.88. The van der Waals surface area contributed by atoms with Gasteiger partial charge in [-0.15, -0.1) is 0 Å². The van der Waals surface area contributed by atoms with Gasteiger partial charge in [0.15, 0.2) is 0 Å². The Kier molecular flexibility index (Phi) is 4.09. The van der Waals surface area contributed by atoms with E-state index in [2.05, 4.69) is 16.3 Å².